The Morgan fingerprint density at radius 1 is 0.936 bits per heavy atom. The Kier molecular flexibility index (Phi) is 7.46. The van der Waals surface area contributed by atoms with Gasteiger partial charge in [0.15, 0.2) is 21.2 Å². The molecule has 3 fully saturated rings. The molecule has 0 bridgehead atoms. The number of phenols is 1. The van der Waals surface area contributed by atoms with Gasteiger partial charge in [-0.15, -0.1) is 23.2 Å². The summed E-state index contributed by atoms with van der Waals surface area (Å²) >= 11 is 21.1. The van der Waals surface area contributed by atoms with Crippen molar-refractivity contribution in [3.63, 3.8) is 0 Å². The molecule has 3 aromatic carbocycles. The molecule has 4 amide bonds. The minimum atomic E-state index is -2.19. The van der Waals surface area contributed by atoms with E-state index in [1.807, 2.05) is 0 Å². The average Bonchev–Trinajstić information content (AvgIpc) is 3.38. The SMILES string of the molecule is CCOc1cccc(C2C3=CCC4C(=O)N(c5ccc(C)c(Cl)c5)C(=O)C4C3CC3(Cl)C(=O)N(c4ccc(F)cc4)C(=O)C23Cl)c1O. The zero-order valence-corrected chi connectivity index (χ0v) is 27.4. The first kappa shape index (κ1) is 31.7. The molecular weight excluding hydrogens is 670 g/mol. The first-order chi connectivity index (χ1) is 22.3. The molecule has 1 N–H and O–H groups in total. The number of fused-ring (bicyclic) bond motifs is 4. The molecule has 3 aromatic rings. The highest BCUT2D eigenvalue weighted by Gasteiger charge is 2.77. The number of para-hydroxylation sites is 1. The lowest BCUT2D eigenvalue weighted by atomic mass is 9.56. The van der Waals surface area contributed by atoms with E-state index in [9.17, 15) is 28.7 Å². The van der Waals surface area contributed by atoms with Crippen molar-refractivity contribution < 1.29 is 33.4 Å². The number of alkyl halides is 2. The quantitative estimate of drug-likeness (QED) is 0.182. The fraction of sp³-hybridized carbons (Fsp3) is 0.314. The first-order valence-corrected chi connectivity index (χ1v) is 16.3. The van der Waals surface area contributed by atoms with Gasteiger partial charge in [0.2, 0.25) is 11.8 Å². The lowest BCUT2D eigenvalue weighted by Crippen LogP contribution is -2.60. The number of ether oxygens (including phenoxy) is 1. The smallest absolute Gasteiger partial charge is 0.258 e. The molecule has 7 rings (SSSR count). The van der Waals surface area contributed by atoms with Crippen molar-refractivity contribution in [2.75, 3.05) is 16.4 Å². The predicted octanol–water partition coefficient (Wildman–Crippen LogP) is 6.66. The van der Waals surface area contributed by atoms with Crippen LogP contribution in [0.25, 0.3) is 0 Å². The van der Waals surface area contributed by atoms with Crippen molar-refractivity contribution in [2.45, 2.75) is 42.4 Å². The molecular formula is C35H28Cl3FN2O6. The number of aromatic hydroxyl groups is 1. The molecule has 6 atom stereocenters. The van der Waals surface area contributed by atoms with Gasteiger partial charge in [0, 0.05) is 16.5 Å². The highest BCUT2D eigenvalue weighted by Crippen LogP contribution is 2.67. The second-order valence-corrected chi connectivity index (χ2v) is 14.0. The second-order valence-electron chi connectivity index (χ2n) is 12.3. The number of hydrogen-bond acceptors (Lipinski definition) is 6. The van der Waals surface area contributed by atoms with E-state index in [1.54, 1.807) is 56.3 Å². The number of carbonyl (C=O) groups excluding carboxylic acids is 4. The molecule has 2 aliphatic carbocycles. The highest BCUT2D eigenvalue weighted by molar-refractivity contribution is 6.58. The number of halogens is 4. The van der Waals surface area contributed by atoms with Crippen molar-refractivity contribution in [3.05, 3.63) is 94.3 Å². The third-order valence-electron chi connectivity index (χ3n) is 9.95. The van der Waals surface area contributed by atoms with Crippen LogP contribution in [0.3, 0.4) is 0 Å². The third-order valence-corrected chi connectivity index (χ3v) is 11.8. The summed E-state index contributed by atoms with van der Waals surface area (Å²) in [6, 6.07) is 14.4. The van der Waals surface area contributed by atoms with E-state index in [-0.39, 0.29) is 42.2 Å². The maximum Gasteiger partial charge on any atom is 0.258 e. The number of phenolic OH excluding ortho intramolecular Hbond substituents is 1. The fourth-order valence-corrected chi connectivity index (χ4v) is 8.87. The average molecular weight is 698 g/mol. The fourth-order valence-electron chi connectivity index (χ4n) is 7.76. The van der Waals surface area contributed by atoms with Gasteiger partial charge in [-0.05, 0) is 80.6 Å². The van der Waals surface area contributed by atoms with Crippen molar-refractivity contribution in [3.8, 4) is 11.5 Å². The van der Waals surface area contributed by atoms with E-state index in [0.717, 1.165) is 27.5 Å². The standard InChI is InChI=1S/C35H28Cl3FN2O6/c1-3-47-26-6-4-5-23(29(26)42)28-21-13-14-22-27(31(44)40(30(22)43)20-10-7-17(2)25(36)15-20)24(21)16-34(37)32(45)41(33(46)35(28,34)38)19-11-8-18(39)9-12-19/h4-13,15,22,24,27-28,42H,3,14,16H2,1-2H3. The van der Waals surface area contributed by atoms with Gasteiger partial charge in [0.05, 0.1) is 29.8 Å². The Morgan fingerprint density at radius 3 is 2.32 bits per heavy atom. The van der Waals surface area contributed by atoms with E-state index in [1.165, 1.54) is 12.1 Å². The second kappa shape index (κ2) is 11.1. The Bertz CT molecular complexity index is 1920. The van der Waals surface area contributed by atoms with Crippen molar-refractivity contribution >= 4 is 69.8 Å². The molecule has 12 heteroatoms. The maximum absolute atomic E-state index is 14.5. The molecule has 47 heavy (non-hydrogen) atoms. The molecule has 0 aromatic heterocycles. The van der Waals surface area contributed by atoms with Gasteiger partial charge in [-0.1, -0.05) is 41.4 Å². The highest BCUT2D eigenvalue weighted by atomic mass is 35.5. The van der Waals surface area contributed by atoms with Crippen LogP contribution in [0.2, 0.25) is 5.02 Å². The Morgan fingerprint density at radius 2 is 1.64 bits per heavy atom. The third kappa shape index (κ3) is 4.32. The molecule has 0 spiro atoms. The van der Waals surface area contributed by atoms with Crippen LogP contribution in [0.4, 0.5) is 15.8 Å². The zero-order chi connectivity index (χ0) is 33.6. The summed E-state index contributed by atoms with van der Waals surface area (Å²) in [6.07, 6.45) is 1.67. The van der Waals surface area contributed by atoms with Crippen LogP contribution in [0.1, 0.15) is 36.8 Å². The van der Waals surface area contributed by atoms with Gasteiger partial charge in [-0.25, -0.2) is 14.2 Å². The Balaban J connectivity index is 1.41. The molecule has 4 aliphatic rings. The van der Waals surface area contributed by atoms with E-state index < -0.39 is 62.9 Å². The Labute approximate surface area is 284 Å². The molecule has 242 valence electrons. The number of allylic oxidation sites excluding steroid dienone is 2. The van der Waals surface area contributed by atoms with Crippen LogP contribution in [-0.2, 0) is 19.2 Å². The number of rotatable bonds is 5. The van der Waals surface area contributed by atoms with Crippen molar-refractivity contribution in [1.29, 1.82) is 0 Å². The van der Waals surface area contributed by atoms with Gasteiger partial charge in [-0.3, -0.25) is 19.2 Å². The minimum Gasteiger partial charge on any atom is -0.504 e. The molecule has 2 saturated heterocycles. The number of benzene rings is 3. The summed E-state index contributed by atoms with van der Waals surface area (Å²) < 4.78 is 19.5. The molecule has 6 unspecified atom stereocenters. The summed E-state index contributed by atoms with van der Waals surface area (Å²) in [7, 11) is 0. The van der Waals surface area contributed by atoms with Crippen LogP contribution in [0, 0.1) is 30.5 Å². The number of amides is 4. The predicted molar refractivity (Wildman–Crippen MR) is 175 cm³/mol. The summed E-state index contributed by atoms with van der Waals surface area (Å²) in [5, 5.41) is 11.9. The molecule has 1 saturated carbocycles. The number of nitrogens with zero attached hydrogens (tertiary/aromatic N) is 2. The monoisotopic (exact) mass is 696 g/mol. The van der Waals surface area contributed by atoms with Crippen molar-refractivity contribution in [1.82, 2.24) is 0 Å². The lowest BCUT2D eigenvalue weighted by Gasteiger charge is -2.50. The molecule has 0 radical (unpaired) electrons. The van der Waals surface area contributed by atoms with Crippen LogP contribution in [0.15, 0.2) is 72.3 Å². The van der Waals surface area contributed by atoms with Crippen LogP contribution >= 0.6 is 34.8 Å². The van der Waals surface area contributed by atoms with Crippen LogP contribution in [-0.4, -0.2) is 45.1 Å². The van der Waals surface area contributed by atoms with E-state index >= 15 is 0 Å². The van der Waals surface area contributed by atoms with E-state index in [2.05, 4.69) is 0 Å². The van der Waals surface area contributed by atoms with Crippen LogP contribution < -0.4 is 14.5 Å². The van der Waals surface area contributed by atoms with E-state index in [4.69, 9.17) is 39.5 Å². The molecule has 2 aliphatic heterocycles. The normalized spacial score (nSPS) is 29.9. The number of hydrogen-bond donors (Lipinski definition) is 1. The largest absolute Gasteiger partial charge is 0.504 e. The number of carbonyl (C=O) groups is 4. The number of aryl methyl sites for hydroxylation is 1. The topological polar surface area (TPSA) is 104 Å². The molecule has 8 nitrogen and oxygen atoms in total. The van der Waals surface area contributed by atoms with Gasteiger partial charge in [0.25, 0.3) is 11.8 Å². The Hall–Kier alpha value is -3.92. The maximum atomic E-state index is 14.5. The van der Waals surface area contributed by atoms with Gasteiger partial charge >= 0.3 is 0 Å². The lowest BCUT2D eigenvalue weighted by molar-refractivity contribution is -0.125. The summed E-state index contributed by atoms with van der Waals surface area (Å²) in [5.41, 5.74) is 1.84. The van der Waals surface area contributed by atoms with Crippen LogP contribution in [0.5, 0.6) is 11.5 Å². The minimum absolute atomic E-state index is 0.0614. The zero-order valence-electron chi connectivity index (χ0n) is 25.2. The summed E-state index contributed by atoms with van der Waals surface area (Å²) in [5.74, 6) is -7.11. The van der Waals surface area contributed by atoms with Gasteiger partial charge in [0.1, 0.15) is 5.82 Å². The number of anilines is 2. The van der Waals surface area contributed by atoms with Gasteiger partial charge < -0.3 is 9.84 Å². The van der Waals surface area contributed by atoms with Gasteiger partial charge in [-0.2, -0.15) is 0 Å². The first-order valence-electron chi connectivity index (χ1n) is 15.2. The summed E-state index contributed by atoms with van der Waals surface area (Å²) in [4.78, 5) is 54.6. The summed E-state index contributed by atoms with van der Waals surface area (Å²) in [6.45, 7) is 3.78. The molecule has 2 heterocycles. The van der Waals surface area contributed by atoms with E-state index in [0.29, 0.717) is 16.3 Å². The number of imide groups is 2. The van der Waals surface area contributed by atoms with Crippen molar-refractivity contribution in [2.24, 2.45) is 17.8 Å².